The molecule has 1 aliphatic heterocycles. The Kier molecular flexibility index (Phi) is 7.23. The highest BCUT2D eigenvalue weighted by Gasteiger charge is 2.29. The molecule has 172 valence electrons. The fraction of sp³-hybridized carbons (Fsp3) is 0.250. The van der Waals surface area contributed by atoms with E-state index in [0.29, 0.717) is 26.2 Å². The SMILES string of the molecule is CC(=NNC(=O)CN1CCN(S(=O)(=O)c2ccc(Br)cc2)CC1)c1ccc2ccccc2c1. The second-order valence-corrected chi connectivity index (χ2v) is 10.8. The highest BCUT2D eigenvalue weighted by Crippen LogP contribution is 2.20. The van der Waals surface area contributed by atoms with E-state index in [2.05, 4.69) is 32.5 Å². The lowest BCUT2D eigenvalue weighted by molar-refractivity contribution is -0.122. The predicted molar refractivity (Wildman–Crippen MR) is 134 cm³/mol. The molecule has 0 unspecified atom stereocenters. The number of hydrogen-bond acceptors (Lipinski definition) is 5. The van der Waals surface area contributed by atoms with E-state index in [1.807, 2.05) is 48.2 Å². The molecule has 33 heavy (non-hydrogen) atoms. The summed E-state index contributed by atoms with van der Waals surface area (Å²) in [5.41, 5.74) is 4.29. The third-order valence-electron chi connectivity index (χ3n) is 5.67. The molecular weight excluding hydrogens is 504 g/mol. The number of sulfonamides is 1. The minimum atomic E-state index is -3.54. The Morgan fingerprint density at radius 1 is 0.970 bits per heavy atom. The van der Waals surface area contributed by atoms with Crippen molar-refractivity contribution >= 4 is 48.3 Å². The van der Waals surface area contributed by atoms with Crippen molar-refractivity contribution in [1.29, 1.82) is 0 Å². The molecule has 3 aromatic rings. The Balaban J connectivity index is 1.30. The normalized spacial score (nSPS) is 16.1. The maximum Gasteiger partial charge on any atom is 0.254 e. The number of rotatable bonds is 6. The molecule has 7 nitrogen and oxygen atoms in total. The molecule has 0 bridgehead atoms. The van der Waals surface area contributed by atoms with Gasteiger partial charge in [-0.05, 0) is 53.6 Å². The van der Waals surface area contributed by atoms with Gasteiger partial charge in [-0.3, -0.25) is 9.69 Å². The van der Waals surface area contributed by atoms with Crippen molar-refractivity contribution < 1.29 is 13.2 Å². The smallest absolute Gasteiger partial charge is 0.254 e. The average Bonchev–Trinajstić information content (AvgIpc) is 2.83. The summed E-state index contributed by atoms with van der Waals surface area (Å²) in [5, 5.41) is 6.52. The largest absolute Gasteiger partial charge is 0.292 e. The Morgan fingerprint density at radius 3 is 2.33 bits per heavy atom. The Hall–Kier alpha value is -2.59. The van der Waals surface area contributed by atoms with E-state index in [1.54, 1.807) is 24.3 Å². The van der Waals surface area contributed by atoms with E-state index in [-0.39, 0.29) is 17.3 Å². The zero-order valence-electron chi connectivity index (χ0n) is 18.2. The van der Waals surface area contributed by atoms with Crippen LogP contribution in [0.1, 0.15) is 12.5 Å². The van der Waals surface area contributed by atoms with Crippen LogP contribution in [-0.2, 0) is 14.8 Å². The molecule has 1 N–H and O–H groups in total. The summed E-state index contributed by atoms with van der Waals surface area (Å²) in [4.78, 5) is 14.6. The van der Waals surface area contributed by atoms with E-state index in [1.165, 1.54) is 4.31 Å². The summed E-state index contributed by atoms with van der Waals surface area (Å²) in [5.74, 6) is -0.223. The van der Waals surface area contributed by atoms with E-state index in [0.717, 1.165) is 26.5 Å². The number of hydrazone groups is 1. The van der Waals surface area contributed by atoms with Crippen molar-refractivity contribution in [2.24, 2.45) is 5.10 Å². The maximum absolute atomic E-state index is 12.8. The molecule has 0 aromatic heterocycles. The molecule has 9 heteroatoms. The first-order chi connectivity index (χ1) is 15.8. The Labute approximate surface area is 202 Å². The molecule has 1 aliphatic rings. The van der Waals surface area contributed by atoms with Gasteiger partial charge >= 0.3 is 0 Å². The molecule has 0 radical (unpaired) electrons. The molecule has 1 saturated heterocycles. The Morgan fingerprint density at radius 2 is 1.64 bits per heavy atom. The number of hydrogen-bond donors (Lipinski definition) is 1. The number of fused-ring (bicyclic) bond motifs is 1. The Bertz CT molecular complexity index is 1280. The van der Waals surface area contributed by atoms with Crippen LogP contribution in [0.3, 0.4) is 0 Å². The van der Waals surface area contributed by atoms with Crippen LogP contribution in [0.25, 0.3) is 10.8 Å². The van der Waals surface area contributed by atoms with Gasteiger partial charge in [0.2, 0.25) is 10.0 Å². The summed E-state index contributed by atoms with van der Waals surface area (Å²) in [6.45, 7) is 3.67. The maximum atomic E-state index is 12.8. The number of nitrogens with one attached hydrogen (secondary N) is 1. The first kappa shape index (κ1) is 23.6. The zero-order chi connectivity index (χ0) is 23.4. The average molecular weight is 529 g/mol. The van der Waals surface area contributed by atoms with Crippen LogP contribution in [0.15, 0.2) is 81.2 Å². The van der Waals surface area contributed by atoms with Crippen molar-refractivity contribution in [3.63, 3.8) is 0 Å². The number of nitrogens with zero attached hydrogens (tertiary/aromatic N) is 3. The molecule has 1 amide bonds. The van der Waals surface area contributed by atoms with Crippen molar-refractivity contribution in [2.45, 2.75) is 11.8 Å². The van der Waals surface area contributed by atoms with Gasteiger partial charge in [0.25, 0.3) is 5.91 Å². The lowest BCUT2D eigenvalue weighted by Gasteiger charge is -2.33. The summed E-state index contributed by atoms with van der Waals surface area (Å²) in [6, 6.07) is 20.8. The second kappa shape index (κ2) is 10.1. The van der Waals surface area contributed by atoms with E-state index in [4.69, 9.17) is 0 Å². The van der Waals surface area contributed by atoms with E-state index < -0.39 is 10.0 Å². The van der Waals surface area contributed by atoms with Crippen LogP contribution in [0, 0.1) is 0 Å². The third kappa shape index (κ3) is 5.67. The number of carbonyl (C=O) groups excluding carboxylic acids is 1. The van der Waals surface area contributed by atoms with Gasteiger partial charge in [0, 0.05) is 30.7 Å². The van der Waals surface area contributed by atoms with Crippen molar-refractivity contribution in [2.75, 3.05) is 32.7 Å². The number of halogens is 1. The summed E-state index contributed by atoms with van der Waals surface area (Å²) >= 11 is 3.32. The molecule has 0 saturated carbocycles. The van der Waals surface area contributed by atoms with Crippen LogP contribution in [0.5, 0.6) is 0 Å². The van der Waals surface area contributed by atoms with Crippen LogP contribution in [-0.4, -0.2) is 62.0 Å². The molecular formula is C24H25BrN4O3S. The lowest BCUT2D eigenvalue weighted by Crippen LogP contribution is -2.50. The van der Waals surface area contributed by atoms with Crippen LogP contribution < -0.4 is 5.43 Å². The first-order valence-corrected chi connectivity index (χ1v) is 12.9. The zero-order valence-corrected chi connectivity index (χ0v) is 20.6. The van der Waals surface area contributed by atoms with Gasteiger partial charge in [-0.15, -0.1) is 0 Å². The minimum Gasteiger partial charge on any atom is -0.292 e. The minimum absolute atomic E-state index is 0.167. The van der Waals surface area contributed by atoms with Crippen molar-refractivity contribution in [3.8, 4) is 0 Å². The van der Waals surface area contributed by atoms with Gasteiger partial charge in [0.05, 0.1) is 17.2 Å². The van der Waals surface area contributed by atoms with Gasteiger partial charge in [-0.25, -0.2) is 13.8 Å². The first-order valence-electron chi connectivity index (χ1n) is 10.6. The molecule has 1 heterocycles. The van der Waals surface area contributed by atoms with E-state index in [9.17, 15) is 13.2 Å². The molecule has 4 rings (SSSR count). The van der Waals surface area contributed by atoms with Gasteiger partial charge in [-0.1, -0.05) is 52.3 Å². The van der Waals surface area contributed by atoms with Gasteiger partial charge < -0.3 is 0 Å². The number of benzene rings is 3. The fourth-order valence-electron chi connectivity index (χ4n) is 3.75. The fourth-order valence-corrected chi connectivity index (χ4v) is 5.43. The van der Waals surface area contributed by atoms with Gasteiger partial charge in [0.1, 0.15) is 0 Å². The summed E-state index contributed by atoms with van der Waals surface area (Å²) < 4.78 is 27.9. The van der Waals surface area contributed by atoms with Gasteiger partial charge in [-0.2, -0.15) is 9.41 Å². The van der Waals surface area contributed by atoms with Crippen LogP contribution in [0.2, 0.25) is 0 Å². The summed E-state index contributed by atoms with van der Waals surface area (Å²) in [7, 11) is -3.54. The quantitative estimate of drug-likeness (QED) is 0.392. The number of piperazine rings is 1. The standard InChI is InChI=1S/C24H25BrN4O3S/c1-18(20-7-6-19-4-2-3-5-21(19)16-20)26-27-24(30)17-28-12-14-29(15-13-28)33(31,32)23-10-8-22(25)9-11-23/h2-11,16H,12-15,17H2,1H3,(H,27,30). The third-order valence-corrected chi connectivity index (χ3v) is 8.11. The predicted octanol–water partition coefficient (Wildman–Crippen LogP) is 3.45. The summed E-state index contributed by atoms with van der Waals surface area (Å²) in [6.07, 6.45) is 0. The van der Waals surface area contributed by atoms with Crippen LogP contribution in [0.4, 0.5) is 0 Å². The molecule has 0 spiro atoms. The monoisotopic (exact) mass is 528 g/mol. The second-order valence-electron chi connectivity index (χ2n) is 7.93. The topological polar surface area (TPSA) is 82.1 Å². The number of carbonyl (C=O) groups is 1. The molecule has 3 aromatic carbocycles. The molecule has 0 atom stereocenters. The molecule has 0 aliphatic carbocycles. The number of amides is 1. The van der Waals surface area contributed by atoms with Gasteiger partial charge in [0.15, 0.2) is 0 Å². The van der Waals surface area contributed by atoms with Crippen LogP contribution >= 0.6 is 15.9 Å². The highest BCUT2D eigenvalue weighted by molar-refractivity contribution is 9.10. The van der Waals surface area contributed by atoms with Crippen molar-refractivity contribution in [1.82, 2.24) is 14.6 Å². The lowest BCUT2D eigenvalue weighted by atomic mass is 10.0. The highest BCUT2D eigenvalue weighted by atomic mass is 79.9. The molecule has 1 fully saturated rings. The van der Waals surface area contributed by atoms with E-state index >= 15 is 0 Å². The van der Waals surface area contributed by atoms with Crippen molar-refractivity contribution in [3.05, 3.63) is 76.8 Å².